The smallest absolute Gasteiger partial charge is 0.248 e. The van der Waals surface area contributed by atoms with Crippen LogP contribution in [0.25, 0.3) is 0 Å². The maximum absolute atomic E-state index is 11.2. The highest BCUT2D eigenvalue weighted by molar-refractivity contribution is 7.16. The SMILES string of the molecule is NC(=O)c1cccc(CN[C@H]2CCCc3sc(Cl)cc32)c1. The zero-order chi connectivity index (χ0) is 14.8. The van der Waals surface area contributed by atoms with Crippen molar-refractivity contribution in [2.45, 2.75) is 31.8 Å². The van der Waals surface area contributed by atoms with Gasteiger partial charge in [-0.3, -0.25) is 4.79 Å². The molecule has 1 aliphatic rings. The number of hydrogen-bond acceptors (Lipinski definition) is 3. The molecule has 110 valence electrons. The minimum absolute atomic E-state index is 0.342. The van der Waals surface area contributed by atoms with Gasteiger partial charge in [0.1, 0.15) is 0 Å². The zero-order valence-electron chi connectivity index (χ0n) is 11.6. The molecular formula is C16H17ClN2OS. The van der Waals surface area contributed by atoms with Gasteiger partial charge in [-0.1, -0.05) is 23.7 Å². The van der Waals surface area contributed by atoms with Gasteiger partial charge in [-0.2, -0.15) is 0 Å². The summed E-state index contributed by atoms with van der Waals surface area (Å²) < 4.78 is 0.865. The Bertz CT molecular complexity index is 668. The number of carbonyl (C=O) groups is 1. The Kier molecular flexibility index (Phi) is 4.29. The van der Waals surface area contributed by atoms with Gasteiger partial charge in [0, 0.05) is 23.0 Å². The van der Waals surface area contributed by atoms with E-state index in [1.54, 1.807) is 17.4 Å². The predicted octanol–water partition coefficient (Wildman–Crippen LogP) is 3.67. The standard InChI is InChI=1S/C16H17ClN2OS/c17-15-8-12-13(5-2-6-14(12)21-15)19-9-10-3-1-4-11(7-10)16(18)20/h1,3-4,7-8,13,19H,2,5-6,9H2,(H2,18,20)/t13-/m0/s1. The second-order valence-electron chi connectivity index (χ2n) is 5.32. The molecule has 1 heterocycles. The van der Waals surface area contributed by atoms with E-state index in [-0.39, 0.29) is 5.91 Å². The molecule has 0 spiro atoms. The fourth-order valence-electron chi connectivity index (χ4n) is 2.81. The summed E-state index contributed by atoms with van der Waals surface area (Å²) in [5, 5.41) is 3.57. The minimum atomic E-state index is -0.388. The van der Waals surface area contributed by atoms with Crippen molar-refractivity contribution < 1.29 is 4.79 Å². The Morgan fingerprint density at radius 3 is 3.10 bits per heavy atom. The molecule has 3 N–H and O–H groups in total. The van der Waals surface area contributed by atoms with E-state index in [0.29, 0.717) is 11.6 Å². The van der Waals surface area contributed by atoms with Crippen LogP contribution in [0.2, 0.25) is 4.34 Å². The van der Waals surface area contributed by atoms with Crippen molar-refractivity contribution in [2.24, 2.45) is 5.73 Å². The lowest BCUT2D eigenvalue weighted by Gasteiger charge is -2.23. The lowest BCUT2D eigenvalue weighted by atomic mass is 9.94. The summed E-state index contributed by atoms with van der Waals surface area (Å²) in [6, 6.07) is 9.88. The number of nitrogens with two attached hydrogens (primary N) is 1. The molecule has 0 aliphatic heterocycles. The summed E-state index contributed by atoms with van der Waals surface area (Å²) in [4.78, 5) is 12.6. The molecule has 0 radical (unpaired) electrons. The van der Waals surface area contributed by atoms with Gasteiger partial charge in [0.05, 0.1) is 4.34 Å². The normalized spacial score (nSPS) is 17.5. The molecule has 2 aromatic rings. The van der Waals surface area contributed by atoms with E-state index >= 15 is 0 Å². The van der Waals surface area contributed by atoms with Crippen LogP contribution >= 0.6 is 22.9 Å². The minimum Gasteiger partial charge on any atom is -0.366 e. The third-order valence-electron chi connectivity index (χ3n) is 3.85. The lowest BCUT2D eigenvalue weighted by Crippen LogP contribution is -2.24. The first kappa shape index (κ1) is 14.6. The Morgan fingerprint density at radius 2 is 2.29 bits per heavy atom. The van der Waals surface area contributed by atoms with Gasteiger partial charge in [0.15, 0.2) is 0 Å². The predicted molar refractivity (Wildman–Crippen MR) is 86.8 cm³/mol. The Hall–Kier alpha value is -1.36. The summed E-state index contributed by atoms with van der Waals surface area (Å²) in [5.41, 5.74) is 8.27. The number of nitrogens with one attached hydrogen (secondary N) is 1. The zero-order valence-corrected chi connectivity index (χ0v) is 13.1. The fraction of sp³-hybridized carbons (Fsp3) is 0.312. The average Bonchev–Trinajstić information content (AvgIpc) is 2.86. The molecule has 21 heavy (non-hydrogen) atoms. The average molecular weight is 321 g/mol. The summed E-state index contributed by atoms with van der Waals surface area (Å²) >= 11 is 7.81. The molecule has 0 unspecified atom stereocenters. The van der Waals surface area contributed by atoms with Crippen LogP contribution in [0.3, 0.4) is 0 Å². The number of benzene rings is 1. The second kappa shape index (κ2) is 6.18. The summed E-state index contributed by atoms with van der Waals surface area (Å²) in [6.45, 7) is 0.721. The van der Waals surface area contributed by atoms with Gasteiger partial charge >= 0.3 is 0 Å². The molecule has 0 bridgehead atoms. The third-order valence-corrected chi connectivity index (χ3v) is 5.19. The van der Waals surface area contributed by atoms with Crippen LogP contribution in [-0.2, 0) is 13.0 Å². The molecule has 0 fully saturated rings. The number of halogens is 1. The van der Waals surface area contributed by atoms with Gasteiger partial charge in [-0.15, -0.1) is 11.3 Å². The van der Waals surface area contributed by atoms with E-state index in [2.05, 4.69) is 11.4 Å². The molecular weight excluding hydrogens is 304 g/mol. The summed E-state index contributed by atoms with van der Waals surface area (Å²) in [7, 11) is 0. The number of thiophene rings is 1. The van der Waals surface area contributed by atoms with Crippen molar-refractivity contribution in [3.05, 3.63) is 56.2 Å². The first-order valence-corrected chi connectivity index (χ1v) is 8.23. The Labute approximate surface area is 133 Å². The van der Waals surface area contributed by atoms with Crippen LogP contribution < -0.4 is 11.1 Å². The number of fused-ring (bicyclic) bond motifs is 1. The molecule has 1 amide bonds. The highest BCUT2D eigenvalue weighted by Gasteiger charge is 2.22. The first-order valence-electron chi connectivity index (χ1n) is 7.04. The first-order chi connectivity index (χ1) is 10.1. The molecule has 1 atom stereocenters. The van der Waals surface area contributed by atoms with Crippen LogP contribution in [0.4, 0.5) is 0 Å². The van der Waals surface area contributed by atoms with Crippen molar-refractivity contribution in [1.82, 2.24) is 5.32 Å². The van der Waals surface area contributed by atoms with Gasteiger partial charge in [0.25, 0.3) is 0 Å². The van der Waals surface area contributed by atoms with Gasteiger partial charge < -0.3 is 11.1 Å². The molecule has 5 heteroatoms. The van der Waals surface area contributed by atoms with Crippen molar-refractivity contribution >= 4 is 28.8 Å². The highest BCUT2D eigenvalue weighted by atomic mass is 35.5. The fourth-order valence-corrected chi connectivity index (χ4v) is 4.19. The topological polar surface area (TPSA) is 55.1 Å². The number of carbonyl (C=O) groups excluding carboxylic acids is 1. The number of aryl methyl sites for hydroxylation is 1. The van der Waals surface area contributed by atoms with E-state index in [1.807, 2.05) is 18.2 Å². The van der Waals surface area contributed by atoms with E-state index < -0.39 is 0 Å². The quantitative estimate of drug-likeness (QED) is 0.903. The van der Waals surface area contributed by atoms with Crippen molar-refractivity contribution in [1.29, 1.82) is 0 Å². The van der Waals surface area contributed by atoms with Crippen LogP contribution in [0, 0.1) is 0 Å². The maximum atomic E-state index is 11.2. The molecule has 1 aliphatic carbocycles. The number of amides is 1. The summed E-state index contributed by atoms with van der Waals surface area (Å²) in [5.74, 6) is -0.388. The number of hydrogen-bond donors (Lipinski definition) is 2. The number of rotatable bonds is 4. The molecule has 0 saturated heterocycles. The van der Waals surface area contributed by atoms with E-state index in [1.165, 1.54) is 16.9 Å². The molecule has 1 aromatic heterocycles. The van der Waals surface area contributed by atoms with Crippen LogP contribution in [0.1, 0.15) is 45.2 Å². The second-order valence-corrected chi connectivity index (χ2v) is 7.09. The monoisotopic (exact) mass is 320 g/mol. The van der Waals surface area contributed by atoms with Gasteiger partial charge in [-0.25, -0.2) is 0 Å². The molecule has 3 nitrogen and oxygen atoms in total. The molecule has 0 saturated carbocycles. The molecule has 3 rings (SSSR count). The van der Waals surface area contributed by atoms with E-state index in [4.69, 9.17) is 17.3 Å². The van der Waals surface area contributed by atoms with Crippen molar-refractivity contribution in [3.8, 4) is 0 Å². The van der Waals surface area contributed by atoms with Gasteiger partial charge in [0.2, 0.25) is 5.91 Å². The number of primary amides is 1. The summed E-state index contributed by atoms with van der Waals surface area (Å²) in [6.07, 6.45) is 3.43. The van der Waals surface area contributed by atoms with Gasteiger partial charge in [-0.05, 0) is 48.6 Å². The van der Waals surface area contributed by atoms with Crippen LogP contribution in [0.5, 0.6) is 0 Å². The van der Waals surface area contributed by atoms with Crippen molar-refractivity contribution in [2.75, 3.05) is 0 Å². The van der Waals surface area contributed by atoms with Crippen LogP contribution in [-0.4, -0.2) is 5.91 Å². The van der Waals surface area contributed by atoms with E-state index in [9.17, 15) is 4.79 Å². The third kappa shape index (κ3) is 3.28. The largest absolute Gasteiger partial charge is 0.366 e. The lowest BCUT2D eigenvalue weighted by molar-refractivity contribution is 0.1000. The van der Waals surface area contributed by atoms with Crippen molar-refractivity contribution in [3.63, 3.8) is 0 Å². The van der Waals surface area contributed by atoms with E-state index in [0.717, 1.165) is 29.3 Å². The molecule has 1 aromatic carbocycles. The highest BCUT2D eigenvalue weighted by Crippen LogP contribution is 2.37. The Balaban J connectivity index is 1.71. The van der Waals surface area contributed by atoms with Crippen LogP contribution in [0.15, 0.2) is 30.3 Å². The maximum Gasteiger partial charge on any atom is 0.248 e. The Morgan fingerprint density at radius 1 is 1.43 bits per heavy atom.